The summed E-state index contributed by atoms with van der Waals surface area (Å²) in [5.74, 6) is 0.365. The zero-order valence-electron chi connectivity index (χ0n) is 11.5. The van der Waals surface area contributed by atoms with Crippen LogP contribution in [0.2, 0.25) is 10.0 Å². The summed E-state index contributed by atoms with van der Waals surface area (Å²) in [5.41, 5.74) is 2.23. The van der Waals surface area contributed by atoms with Gasteiger partial charge in [0.05, 0.1) is 12.0 Å². The lowest BCUT2D eigenvalue weighted by atomic mass is 9.92. The maximum Gasteiger partial charge on any atom is 0.227 e. The number of fused-ring (bicyclic) bond motifs is 1. The molecule has 0 bridgehead atoms. The van der Waals surface area contributed by atoms with Gasteiger partial charge >= 0.3 is 0 Å². The first-order chi connectivity index (χ1) is 9.58. The minimum absolute atomic E-state index is 0.0246. The van der Waals surface area contributed by atoms with Gasteiger partial charge in [0.2, 0.25) is 5.91 Å². The third kappa shape index (κ3) is 2.43. The molecular formula is C15H18Cl2N2O. The number of nitrogens with one attached hydrogen (secondary N) is 1. The monoisotopic (exact) mass is 312 g/mol. The summed E-state index contributed by atoms with van der Waals surface area (Å²) in [6, 6.07) is 3.76. The van der Waals surface area contributed by atoms with E-state index in [-0.39, 0.29) is 17.9 Å². The van der Waals surface area contributed by atoms with E-state index in [1.807, 2.05) is 11.0 Å². The second-order valence-corrected chi connectivity index (χ2v) is 6.45. The van der Waals surface area contributed by atoms with Crippen molar-refractivity contribution in [2.75, 3.05) is 19.6 Å². The van der Waals surface area contributed by atoms with Crippen molar-refractivity contribution in [2.24, 2.45) is 5.92 Å². The molecule has 20 heavy (non-hydrogen) atoms. The van der Waals surface area contributed by atoms with E-state index in [1.54, 1.807) is 6.07 Å². The second kappa shape index (κ2) is 5.55. The maximum atomic E-state index is 12.6. The lowest BCUT2D eigenvalue weighted by molar-refractivity contribution is -0.137. The molecule has 0 unspecified atom stereocenters. The summed E-state index contributed by atoms with van der Waals surface area (Å²) in [5, 5.41) is 4.59. The van der Waals surface area contributed by atoms with Gasteiger partial charge in [0.15, 0.2) is 0 Å². The van der Waals surface area contributed by atoms with Gasteiger partial charge in [0, 0.05) is 23.1 Å². The summed E-state index contributed by atoms with van der Waals surface area (Å²) >= 11 is 12.4. The van der Waals surface area contributed by atoms with E-state index >= 15 is 0 Å². The molecule has 3 nitrogen and oxygen atoms in total. The number of hydrogen-bond acceptors (Lipinski definition) is 2. The highest BCUT2D eigenvalue weighted by Gasteiger charge is 2.34. The van der Waals surface area contributed by atoms with Crippen molar-refractivity contribution in [1.82, 2.24) is 10.2 Å². The van der Waals surface area contributed by atoms with Crippen LogP contribution in [0.3, 0.4) is 0 Å². The first kappa shape index (κ1) is 14.2. The van der Waals surface area contributed by atoms with Crippen LogP contribution in [0.25, 0.3) is 0 Å². The van der Waals surface area contributed by atoms with Gasteiger partial charge in [-0.3, -0.25) is 4.79 Å². The van der Waals surface area contributed by atoms with Crippen LogP contribution >= 0.6 is 23.2 Å². The molecule has 5 heteroatoms. The standard InChI is InChI=1S/C15H18Cl2N2O/c1-9-14-10(6-12(16)7-13(14)17)3-5-19(9)15(20)11-2-4-18-8-11/h6-7,9,11,18H,2-5,8H2,1H3/t9-,11+/m0/s1. The van der Waals surface area contributed by atoms with Gasteiger partial charge in [-0.1, -0.05) is 23.2 Å². The van der Waals surface area contributed by atoms with Crippen molar-refractivity contribution in [3.63, 3.8) is 0 Å². The summed E-state index contributed by atoms with van der Waals surface area (Å²) in [4.78, 5) is 14.6. The Bertz CT molecular complexity index is 541. The number of carbonyl (C=O) groups excluding carboxylic acids is 1. The summed E-state index contributed by atoms with van der Waals surface area (Å²) < 4.78 is 0. The lowest BCUT2D eigenvalue weighted by Crippen LogP contribution is -2.42. The van der Waals surface area contributed by atoms with Crippen LogP contribution in [0.4, 0.5) is 0 Å². The average molecular weight is 313 g/mol. The van der Waals surface area contributed by atoms with Crippen LogP contribution in [0.1, 0.15) is 30.5 Å². The smallest absolute Gasteiger partial charge is 0.227 e. The van der Waals surface area contributed by atoms with E-state index in [0.717, 1.165) is 38.0 Å². The fourth-order valence-electron chi connectivity index (χ4n) is 3.30. The van der Waals surface area contributed by atoms with E-state index < -0.39 is 0 Å². The molecule has 108 valence electrons. The minimum Gasteiger partial charge on any atom is -0.335 e. The molecule has 0 spiro atoms. The zero-order chi connectivity index (χ0) is 14.3. The molecule has 1 aromatic carbocycles. The van der Waals surface area contributed by atoms with E-state index in [0.29, 0.717) is 10.0 Å². The molecule has 1 fully saturated rings. The largest absolute Gasteiger partial charge is 0.335 e. The third-order valence-corrected chi connectivity index (χ3v) is 4.91. The molecule has 1 saturated heterocycles. The minimum atomic E-state index is 0.0246. The van der Waals surface area contributed by atoms with Gasteiger partial charge in [0.25, 0.3) is 0 Å². The van der Waals surface area contributed by atoms with Crippen LogP contribution in [0.15, 0.2) is 12.1 Å². The highest BCUT2D eigenvalue weighted by molar-refractivity contribution is 6.35. The Balaban J connectivity index is 1.88. The van der Waals surface area contributed by atoms with Crippen molar-refractivity contribution in [2.45, 2.75) is 25.8 Å². The quantitative estimate of drug-likeness (QED) is 0.864. The molecule has 0 saturated carbocycles. The first-order valence-electron chi connectivity index (χ1n) is 7.07. The molecule has 2 aliphatic rings. The Morgan fingerprint density at radius 3 is 2.90 bits per heavy atom. The predicted molar refractivity (Wildman–Crippen MR) is 81.3 cm³/mol. The number of hydrogen-bond donors (Lipinski definition) is 1. The average Bonchev–Trinajstić information content (AvgIpc) is 2.91. The highest BCUT2D eigenvalue weighted by atomic mass is 35.5. The summed E-state index contributed by atoms with van der Waals surface area (Å²) in [6.07, 6.45) is 1.76. The van der Waals surface area contributed by atoms with Crippen LogP contribution < -0.4 is 5.32 Å². The second-order valence-electron chi connectivity index (χ2n) is 5.61. The molecule has 2 aliphatic heterocycles. The zero-order valence-corrected chi connectivity index (χ0v) is 13.0. The SMILES string of the molecule is C[C@H]1c2c(Cl)cc(Cl)cc2CCN1C(=O)[C@@H]1CCNC1. The fraction of sp³-hybridized carbons (Fsp3) is 0.533. The van der Waals surface area contributed by atoms with E-state index in [1.165, 1.54) is 5.56 Å². The van der Waals surface area contributed by atoms with Crippen LogP contribution in [0, 0.1) is 5.92 Å². The van der Waals surface area contributed by atoms with Crippen molar-refractivity contribution < 1.29 is 4.79 Å². The highest BCUT2D eigenvalue weighted by Crippen LogP contribution is 2.37. The first-order valence-corrected chi connectivity index (χ1v) is 7.82. The Morgan fingerprint density at radius 2 is 2.20 bits per heavy atom. The van der Waals surface area contributed by atoms with Crippen LogP contribution in [-0.4, -0.2) is 30.4 Å². The number of carbonyl (C=O) groups is 1. The van der Waals surface area contributed by atoms with Crippen molar-refractivity contribution in [3.05, 3.63) is 33.3 Å². The van der Waals surface area contributed by atoms with Gasteiger partial charge in [-0.25, -0.2) is 0 Å². The van der Waals surface area contributed by atoms with Gasteiger partial charge < -0.3 is 10.2 Å². The number of amides is 1. The molecule has 1 N–H and O–H groups in total. The Hall–Kier alpha value is -0.770. The molecule has 0 aromatic heterocycles. The van der Waals surface area contributed by atoms with Crippen LogP contribution in [-0.2, 0) is 11.2 Å². The predicted octanol–water partition coefficient (Wildman–Crippen LogP) is 3.05. The molecule has 1 aromatic rings. The normalized spacial score (nSPS) is 25.6. The maximum absolute atomic E-state index is 12.6. The van der Waals surface area contributed by atoms with Crippen molar-refractivity contribution in [3.8, 4) is 0 Å². The summed E-state index contributed by atoms with van der Waals surface area (Å²) in [6.45, 7) is 4.53. The van der Waals surface area contributed by atoms with Crippen LogP contribution in [0.5, 0.6) is 0 Å². The fourth-order valence-corrected chi connectivity index (χ4v) is 4.00. The molecule has 3 rings (SSSR count). The van der Waals surface area contributed by atoms with Crippen molar-refractivity contribution in [1.29, 1.82) is 0 Å². The van der Waals surface area contributed by atoms with E-state index in [9.17, 15) is 4.79 Å². The Kier molecular flexibility index (Phi) is 3.93. The third-order valence-electron chi connectivity index (χ3n) is 4.38. The van der Waals surface area contributed by atoms with Gasteiger partial charge in [-0.05, 0) is 49.6 Å². The summed E-state index contributed by atoms with van der Waals surface area (Å²) in [7, 11) is 0. The Morgan fingerprint density at radius 1 is 1.40 bits per heavy atom. The van der Waals surface area contributed by atoms with Crippen molar-refractivity contribution >= 4 is 29.1 Å². The molecule has 2 atom stereocenters. The Labute approximate surface area is 129 Å². The van der Waals surface area contributed by atoms with Gasteiger partial charge in [-0.2, -0.15) is 0 Å². The lowest BCUT2D eigenvalue weighted by Gasteiger charge is -2.37. The molecule has 2 heterocycles. The topological polar surface area (TPSA) is 32.3 Å². The number of benzene rings is 1. The molecule has 0 aliphatic carbocycles. The molecule has 1 amide bonds. The molecule has 0 radical (unpaired) electrons. The number of halogens is 2. The van der Waals surface area contributed by atoms with Gasteiger partial charge in [-0.15, -0.1) is 0 Å². The van der Waals surface area contributed by atoms with E-state index in [4.69, 9.17) is 23.2 Å². The van der Waals surface area contributed by atoms with Gasteiger partial charge in [0.1, 0.15) is 0 Å². The van der Waals surface area contributed by atoms with E-state index in [2.05, 4.69) is 12.2 Å². The molecular weight excluding hydrogens is 295 g/mol. The number of nitrogens with zero attached hydrogens (tertiary/aromatic N) is 1. The number of rotatable bonds is 1.